The van der Waals surface area contributed by atoms with Crippen LogP contribution in [0.1, 0.15) is 40.8 Å². The molecule has 1 aromatic heterocycles. The number of rotatable bonds is 5. The van der Waals surface area contributed by atoms with Crippen LogP contribution in [-0.2, 0) is 0 Å². The van der Waals surface area contributed by atoms with Crippen LogP contribution in [0, 0.1) is 5.92 Å². The Morgan fingerprint density at radius 2 is 1.96 bits per heavy atom. The van der Waals surface area contributed by atoms with E-state index in [1.807, 2.05) is 0 Å². The first-order valence-electron chi connectivity index (χ1n) is 8.86. The molecular weight excluding hydrogens is 334 g/mol. The van der Waals surface area contributed by atoms with E-state index in [2.05, 4.69) is 15.2 Å². The van der Waals surface area contributed by atoms with E-state index >= 15 is 0 Å². The summed E-state index contributed by atoms with van der Waals surface area (Å²) in [4.78, 5) is 29.9. The standard InChI is InChI=1S/C19H21N3O4/c1-12(23)19-20-10-17(26-19)25-15-4-2-14(3-5-15)18(24)21-16-11-22-8-6-13(16)7-9-22/h2-5,10,13,16H,6-9,11H2,1H3,(H,21,24). The molecule has 4 heterocycles. The van der Waals surface area contributed by atoms with Gasteiger partial charge < -0.3 is 19.4 Å². The normalized spacial score (nSPS) is 24.3. The van der Waals surface area contributed by atoms with Gasteiger partial charge in [0.2, 0.25) is 5.78 Å². The number of ether oxygens (including phenoxy) is 1. The molecule has 1 atom stereocenters. The fourth-order valence-corrected chi connectivity index (χ4v) is 3.64. The predicted octanol–water partition coefficient (Wildman–Crippen LogP) is 2.49. The molecule has 0 radical (unpaired) electrons. The van der Waals surface area contributed by atoms with Crippen LogP contribution in [0.5, 0.6) is 11.7 Å². The zero-order chi connectivity index (χ0) is 18.1. The quantitative estimate of drug-likeness (QED) is 0.830. The molecule has 26 heavy (non-hydrogen) atoms. The molecule has 2 bridgehead atoms. The summed E-state index contributed by atoms with van der Waals surface area (Å²) in [6, 6.07) is 7.06. The first-order valence-corrected chi connectivity index (χ1v) is 8.86. The third kappa shape index (κ3) is 3.48. The number of carbonyl (C=O) groups excluding carboxylic acids is 2. The molecule has 1 N–H and O–H groups in total. The highest BCUT2D eigenvalue weighted by molar-refractivity contribution is 5.94. The molecule has 1 amide bonds. The van der Waals surface area contributed by atoms with Gasteiger partial charge >= 0.3 is 5.95 Å². The van der Waals surface area contributed by atoms with Gasteiger partial charge in [0.25, 0.3) is 11.8 Å². The molecular formula is C19H21N3O4. The van der Waals surface area contributed by atoms with E-state index in [9.17, 15) is 9.59 Å². The molecule has 5 rings (SSSR count). The van der Waals surface area contributed by atoms with Crippen molar-refractivity contribution in [3.63, 3.8) is 0 Å². The van der Waals surface area contributed by atoms with Crippen LogP contribution in [0.4, 0.5) is 0 Å². The fraction of sp³-hybridized carbons (Fsp3) is 0.421. The number of Topliss-reactive ketones (excluding diaryl/α,β-unsaturated/α-hetero) is 1. The zero-order valence-electron chi connectivity index (χ0n) is 14.6. The van der Waals surface area contributed by atoms with Gasteiger partial charge in [-0.05, 0) is 56.1 Å². The Morgan fingerprint density at radius 3 is 2.54 bits per heavy atom. The molecule has 3 saturated heterocycles. The summed E-state index contributed by atoms with van der Waals surface area (Å²) in [7, 11) is 0. The Bertz CT molecular complexity index is 806. The number of carbonyl (C=O) groups is 2. The molecule has 3 aliphatic heterocycles. The average Bonchev–Trinajstić information content (AvgIpc) is 3.12. The third-order valence-corrected chi connectivity index (χ3v) is 5.09. The molecule has 0 spiro atoms. The minimum Gasteiger partial charge on any atom is -0.425 e. The number of ketones is 1. The number of nitrogens with zero attached hydrogens (tertiary/aromatic N) is 2. The van der Waals surface area contributed by atoms with Gasteiger partial charge in [-0.15, -0.1) is 0 Å². The topological polar surface area (TPSA) is 84.7 Å². The van der Waals surface area contributed by atoms with E-state index in [0.717, 1.165) is 32.5 Å². The molecule has 0 saturated carbocycles. The molecule has 1 unspecified atom stereocenters. The summed E-state index contributed by atoms with van der Waals surface area (Å²) in [6.45, 7) is 4.62. The molecule has 7 nitrogen and oxygen atoms in total. The van der Waals surface area contributed by atoms with Crippen molar-refractivity contribution in [1.82, 2.24) is 15.2 Å². The number of oxazole rings is 1. The van der Waals surface area contributed by atoms with Crippen LogP contribution < -0.4 is 10.1 Å². The Labute approximate surface area is 151 Å². The molecule has 1 aromatic carbocycles. The molecule has 136 valence electrons. The highest BCUT2D eigenvalue weighted by Gasteiger charge is 2.34. The highest BCUT2D eigenvalue weighted by atomic mass is 16.6. The highest BCUT2D eigenvalue weighted by Crippen LogP contribution is 2.28. The van der Waals surface area contributed by atoms with Crippen molar-refractivity contribution >= 4 is 11.7 Å². The third-order valence-electron chi connectivity index (χ3n) is 5.09. The maximum absolute atomic E-state index is 12.5. The van der Waals surface area contributed by atoms with Gasteiger partial charge in [-0.1, -0.05) is 0 Å². The van der Waals surface area contributed by atoms with Crippen LogP contribution in [-0.4, -0.2) is 47.3 Å². The Hall–Kier alpha value is -2.67. The van der Waals surface area contributed by atoms with Gasteiger partial charge in [0.05, 0.1) is 0 Å². The molecule has 0 aliphatic carbocycles. The van der Waals surface area contributed by atoms with Gasteiger partial charge in [-0.2, -0.15) is 0 Å². The maximum Gasteiger partial charge on any atom is 0.311 e. The van der Waals surface area contributed by atoms with E-state index in [0.29, 0.717) is 17.2 Å². The largest absolute Gasteiger partial charge is 0.425 e. The molecule has 3 aliphatic rings. The molecule has 7 heteroatoms. The number of fused-ring (bicyclic) bond motifs is 3. The number of amides is 1. The molecule has 2 aromatic rings. The lowest BCUT2D eigenvalue weighted by Crippen LogP contribution is -2.57. The van der Waals surface area contributed by atoms with Crippen molar-refractivity contribution in [3.8, 4) is 11.7 Å². The Balaban J connectivity index is 1.37. The number of benzene rings is 1. The van der Waals surface area contributed by atoms with Crippen molar-refractivity contribution in [3.05, 3.63) is 41.9 Å². The zero-order valence-corrected chi connectivity index (χ0v) is 14.6. The fourth-order valence-electron chi connectivity index (χ4n) is 3.64. The minimum atomic E-state index is -0.264. The van der Waals surface area contributed by atoms with Crippen molar-refractivity contribution in [2.45, 2.75) is 25.8 Å². The lowest BCUT2D eigenvalue weighted by Gasteiger charge is -2.44. The van der Waals surface area contributed by atoms with E-state index in [1.165, 1.54) is 13.1 Å². The summed E-state index contributed by atoms with van der Waals surface area (Å²) >= 11 is 0. The lowest BCUT2D eigenvalue weighted by molar-refractivity contribution is 0.0620. The van der Waals surface area contributed by atoms with Crippen LogP contribution in [0.2, 0.25) is 0 Å². The van der Waals surface area contributed by atoms with Crippen LogP contribution in [0.15, 0.2) is 34.9 Å². The second kappa shape index (κ2) is 6.92. The second-order valence-electron chi connectivity index (χ2n) is 6.89. The first kappa shape index (κ1) is 16.8. The number of hydrogen-bond donors (Lipinski definition) is 1. The molecule has 3 fully saturated rings. The van der Waals surface area contributed by atoms with Gasteiger partial charge in [-0.3, -0.25) is 9.59 Å². The van der Waals surface area contributed by atoms with Crippen LogP contribution in [0.25, 0.3) is 0 Å². The second-order valence-corrected chi connectivity index (χ2v) is 6.89. The average molecular weight is 355 g/mol. The number of nitrogens with one attached hydrogen (secondary N) is 1. The SMILES string of the molecule is CC(=O)c1ncc(Oc2ccc(C(=O)NC3CN4CCC3CC4)cc2)o1. The van der Waals surface area contributed by atoms with Gasteiger partial charge in [0.1, 0.15) is 11.9 Å². The van der Waals surface area contributed by atoms with Crippen molar-refractivity contribution in [2.75, 3.05) is 19.6 Å². The monoisotopic (exact) mass is 355 g/mol. The van der Waals surface area contributed by atoms with Crippen molar-refractivity contribution < 1.29 is 18.7 Å². The Morgan fingerprint density at radius 1 is 1.23 bits per heavy atom. The first-order chi connectivity index (χ1) is 12.6. The van der Waals surface area contributed by atoms with E-state index in [4.69, 9.17) is 9.15 Å². The van der Waals surface area contributed by atoms with Crippen LogP contribution in [0.3, 0.4) is 0 Å². The maximum atomic E-state index is 12.5. The van der Waals surface area contributed by atoms with E-state index < -0.39 is 0 Å². The van der Waals surface area contributed by atoms with Gasteiger partial charge in [-0.25, -0.2) is 4.98 Å². The minimum absolute atomic E-state index is 0.00789. The van der Waals surface area contributed by atoms with Gasteiger partial charge in [0, 0.05) is 25.1 Å². The lowest BCUT2D eigenvalue weighted by atomic mass is 9.84. The van der Waals surface area contributed by atoms with Crippen molar-refractivity contribution in [2.24, 2.45) is 5.92 Å². The van der Waals surface area contributed by atoms with E-state index in [1.54, 1.807) is 24.3 Å². The Kier molecular flexibility index (Phi) is 4.46. The summed E-state index contributed by atoms with van der Waals surface area (Å²) in [5.74, 6) is 0.922. The van der Waals surface area contributed by atoms with Gasteiger partial charge in [0.15, 0.2) is 0 Å². The summed E-state index contributed by atoms with van der Waals surface area (Å²) < 4.78 is 10.7. The van der Waals surface area contributed by atoms with Crippen LogP contribution >= 0.6 is 0 Å². The number of hydrogen-bond acceptors (Lipinski definition) is 6. The summed E-state index contributed by atoms with van der Waals surface area (Å²) in [6.07, 6.45) is 3.68. The summed E-state index contributed by atoms with van der Waals surface area (Å²) in [5.41, 5.74) is 0.593. The predicted molar refractivity (Wildman–Crippen MR) is 93.4 cm³/mol. The number of aromatic nitrogens is 1. The smallest absolute Gasteiger partial charge is 0.311 e. The number of piperidine rings is 3. The van der Waals surface area contributed by atoms with Crippen molar-refractivity contribution in [1.29, 1.82) is 0 Å². The van der Waals surface area contributed by atoms with E-state index in [-0.39, 0.29) is 29.6 Å². The summed E-state index contributed by atoms with van der Waals surface area (Å²) in [5, 5.41) is 3.16.